The second kappa shape index (κ2) is 5.06. The summed E-state index contributed by atoms with van der Waals surface area (Å²) in [4.78, 5) is 21.9. The van der Waals surface area contributed by atoms with Gasteiger partial charge in [0.1, 0.15) is 5.71 Å². The van der Waals surface area contributed by atoms with Crippen LogP contribution < -0.4 is 5.43 Å². The van der Waals surface area contributed by atoms with Crippen molar-refractivity contribution in [2.24, 2.45) is 5.10 Å². The molecule has 1 aromatic rings. The van der Waals surface area contributed by atoms with Crippen molar-refractivity contribution >= 4 is 17.6 Å². The van der Waals surface area contributed by atoms with Gasteiger partial charge in [-0.25, -0.2) is 10.2 Å². The molecule has 0 spiro atoms. The molecule has 1 rings (SSSR count). The van der Waals surface area contributed by atoms with Crippen molar-refractivity contribution < 1.29 is 14.7 Å². The molecular weight excluding hydrogens is 208 g/mol. The molecule has 0 bridgehead atoms. The van der Waals surface area contributed by atoms with Crippen LogP contribution in [0.4, 0.5) is 0 Å². The van der Waals surface area contributed by atoms with E-state index in [2.05, 4.69) is 10.5 Å². The molecule has 16 heavy (non-hydrogen) atoms. The average Bonchev–Trinajstić information content (AvgIpc) is 2.26. The Kier molecular flexibility index (Phi) is 3.77. The summed E-state index contributed by atoms with van der Waals surface area (Å²) < 4.78 is 0. The largest absolute Gasteiger partial charge is 0.477 e. The minimum atomic E-state index is -1.16. The first kappa shape index (κ1) is 11.9. The SMILES string of the molecule is C/C(=N\NC(=O)c1ccc(C)cc1)C(=O)O. The molecular formula is C11H12N2O3. The van der Waals surface area contributed by atoms with Crippen LogP contribution in [0.2, 0.25) is 0 Å². The number of hydrogen-bond acceptors (Lipinski definition) is 3. The van der Waals surface area contributed by atoms with Crippen LogP contribution in [0, 0.1) is 6.92 Å². The summed E-state index contributed by atoms with van der Waals surface area (Å²) in [7, 11) is 0. The maximum atomic E-state index is 11.5. The van der Waals surface area contributed by atoms with Crippen molar-refractivity contribution in [3.8, 4) is 0 Å². The van der Waals surface area contributed by atoms with Crippen LogP contribution in [0.15, 0.2) is 29.4 Å². The van der Waals surface area contributed by atoms with Gasteiger partial charge < -0.3 is 5.11 Å². The van der Waals surface area contributed by atoms with Crippen molar-refractivity contribution in [1.29, 1.82) is 0 Å². The van der Waals surface area contributed by atoms with E-state index >= 15 is 0 Å². The molecule has 1 aromatic carbocycles. The Labute approximate surface area is 92.8 Å². The van der Waals surface area contributed by atoms with Gasteiger partial charge in [0.15, 0.2) is 0 Å². The zero-order valence-electron chi connectivity index (χ0n) is 9.02. The fraction of sp³-hybridized carbons (Fsp3) is 0.182. The minimum absolute atomic E-state index is 0.166. The number of nitrogens with one attached hydrogen (secondary N) is 1. The van der Waals surface area contributed by atoms with Gasteiger partial charge in [-0.2, -0.15) is 5.10 Å². The van der Waals surface area contributed by atoms with Crippen molar-refractivity contribution in [2.75, 3.05) is 0 Å². The van der Waals surface area contributed by atoms with E-state index < -0.39 is 11.9 Å². The molecule has 0 atom stereocenters. The molecule has 0 saturated heterocycles. The first-order valence-corrected chi connectivity index (χ1v) is 4.65. The Morgan fingerprint density at radius 3 is 2.31 bits per heavy atom. The van der Waals surface area contributed by atoms with Crippen LogP contribution >= 0.6 is 0 Å². The lowest BCUT2D eigenvalue weighted by Gasteiger charge is -2.00. The molecule has 0 radical (unpaired) electrons. The minimum Gasteiger partial charge on any atom is -0.477 e. The summed E-state index contributed by atoms with van der Waals surface area (Å²) in [5, 5.41) is 12.0. The lowest BCUT2D eigenvalue weighted by molar-refractivity contribution is -0.129. The molecule has 2 N–H and O–H groups in total. The zero-order chi connectivity index (χ0) is 12.1. The summed E-state index contributed by atoms with van der Waals surface area (Å²) >= 11 is 0. The highest BCUT2D eigenvalue weighted by atomic mass is 16.4. The second-order valence-electron chi connectivity index (χ2n) is 3.31. The number of carboxylic acid groups (broad SMARTS) is 1. The molecule has 5 heteroatoms. The molecule has 0 heterocycles. The summed E-state index contributed by atoms with van der Waals surface area (Å²) in [6.45, 7) is 3.21. The maximum absolute atomic E-state index is 11.5. The highest BCUT2D eigenvalue weighted by Gasteiger charge is 2.05. The summed E-state index contributed by atoms with van der Waals surface area (Å²) in [5.74, 6) is -1.59. The van der Waals surface area contributed by atoms with Gasteiger partial charge in [-0.15, -0.1) is 0 Å². The molecule has 84 valence electrons. The van der Waals surface area contributed by atoms with Crippen LogP contribution in [0.1, 0.15) is 22.8 Å². The number of hydrogen-bond donors (Lipinski definition) is 2. The number of carbonyl (C=O) groups excluding carboxylic acids is 1. The molecule has 0 fully saturated rings. The van der Waals surface area contributed by atoms with E-state index in [1.807, 2.05) is 6.92 Å². The van der Waals surface area contributed by atoms with E-state index in [4.69, 9.17) is 5.11 Å². The first-order valence-electron chi connectivity index (χ1n) is 4.65. The Morgan fingerprint density at radius 2 is 1.81 bits per heavy atom. The molecule has 0 aliphatic carbocycles. The topological polar surface area (TPSA) is 78.8 Å². The number of carboxylic acids is 1. The highest BCUT2D eigenvalue weighted by molar-refractivity contribution is 6.34. The number of aliphatic carboxylic acids is 1. The van der Waals surface area contributed by atoms with E-state index in [1.165, 1.54) is 6.92 Å². The third kappa shape index (κ3) is 3.20. The number of amides is 1. The van der Waals surface area contributed by atoms with E-state index in [9.17, 15) is 9.59 Å². The van der Waals surface area contributed by atoms with Crippen LogP contribution in [0.3, 0.4) is 0 Å². The van der Waals surface area contributed by atoms with Crippen LogP contribution in [0.25, 0.3) is 0 Å². The van der Waals surface area contributed by atoms with Gasteiger partial charge in [0.2, 0.25) is 0 Å². The van der Waals surface area contributed by atoms with Crippen LogP contribution in [0.5, 0.6) is 0 Å². The first-order chi connectivity index (χ1) is 7.50. The van der Waals surface area contributed by atoms with E-state index in [0.717, 1.165) is 5.56 Å². The fourth-order valence-electron chi connectivity index (χ4n) is 0.952. The second-order valence-corrected chi connectivity index (χ2v) is 3.31. The molecule has 0 aliphatic rings. The van der Waals surface area contributed by atoms with Crippen molar-refractivity contribution in [1.82, 2.24) is 5.43 Å². The fourth-order valence-corrected chi connectivity index (χ4v) is 0.952. The van der Waals surface area contributed by atoms with Crippen LogP contribution in [-0.4, -0.2) is 22.7 Å². The molecule has 0 unspecified atom stereocenters. The van der Waals surface area contributed by atoms with Gasteiger partial charge in [0.25, 0.3) is 5.91 Å². The van der Waals surface area contributed by atoms with E-state index in [0.29, 0.717) is 5.56 Å². The smallest absolute Gasteiger partial charge is 0.351 e. The van der Waals surface area contributed by atoms with Gasteiger partial charge in [0.05, 0.1) is 0 Å². The van der Waals surface area contributed by atoms with Crippen LogP contribution in [-0.2, 0) is 4.79 Å². The summed E-state index contributed by atoms with van der Waals surface area (Å²) in [6, 6.07) is 6.89. The Hall–Kier alpha value is -2.17. The lowest BCUT2D eigenvalue weighted by atomic mass is 10.1. The maximum Gasteiger partial charge on any atom is 0.351 e. The number of hydrazone groups is 1. The van der Waals surface area contributed by atoms with Gasteiger partial charge in [0, 0.05) is 5.56 Å². The number of benzene rings is 1. The van der Waals surface area contributed by atoms with E-state index in [-0.39, 0.29) is 5.71 Å². The van der Waals surface area contributed by atoms with E-state index in [1.54, 1.807) is 24.3 Å². The molecule has 0 aromatic heterocycles. The Balaban J connectivity index is 2.70. The van der Waals surface area contributed by atoms with Gasteiger partial charge >= 0.3 is 5.97 Å². The number of nitrogens with zero attached hydrogens (tertiary/aromatic N) is 1. The third-order valence-corrected chi connectivity index (χ3v) is 1.95. The summed E-state index contributed by atoms with van der Waals surface area (Å²) in [5.41, 5.74) is 3.48. The van der Waals surface area contributed by atoms with Gasteiger partial charge in [-0.1, -0.05) is 17.7 Å². The van der Waals surface area contributed by atoms with Gasteiger partial charge in [-0.3, -0.25) is 4.79 Å². The number of carbonyl (C=O) groups is 2. The lowest BCUT2D eigenvalue weighted by Crippen LogP contribution is -2.21. The van der Waals surface area contributed by atoms with Crippen molar-refractivity contribution in [2.45, 2.75) is 13.8 Å². The third-order valence-electron chi connectivity index (χ3n) is 1.95. The predicted molar refractivity (Wildman–Crippen MR) is 59.4 cm³/mol. The standard InChI is InChI=1S/C11H12N2O3/c1-7-3-5-9(6-4-7)10(14)13-12-8(2)11(15)16/h3-6H,1-2H3,(H,13,14)(H,15,16)/b12-8+. The predicted octanol–water partition coefficient (Wildman–Crippen LogP) is 1.19. The molecule has 0 aliphatic heterocycles. The van der Waals surface area contributed by atoms with Gasteiger partial charge in [-0.05, 0) is 26.0 Å². The molecule has 5 nitrogen and oxygen atoms in total. The molecule has 1 amide bonds. The highest BCUT2D eigenvalue weighted by Crippen LogP contribution is 2.02. The normalized spacial score (nSPS) is 11.0. The zero-order valence-corrected chi connectivity index (χ0v) is 9.02. The monoisotopic (exact) mass is 220 g/mol. The quantitative estimate of drug-likeness (QED) is 0.593. The summed E-state index contributed by atoms with van der Waals surface area (Å²) in [6.07, 6.45) is 0. The average molecular weight is 220 g/mol. The number of aryl methyl sites for hydroxylation is 1. The Bertz CT molecular complexity index is 435. The van der Waals surface area contributed by atoms with Crippen molar-refractivity contribution in [3.63, 3.8) is 0 Å². The number of rotatable bonds is 3. The van der Waals surface area contributed by atoms with Crippen molar-refractivity contribution in [3.05, 3.63) is 35.4 Å². The molecule has 0 saturated carbocycles. The Morgan fingerprint density at radius 1 is 1.25 bits per heavy atom.